The van der Waals surface area contributed by atoms with Crippen molar-refractivity contribution in [3.05, 3.63) is 0 Å². The second kappa shape index (κ2) is 2.76. The zero-order valence-electron chi connectivity index (χ0n) is 7.16. The van der Waals surface area contributed by atoms with Crippen molar-refractivity contribution in [2.75, 3.05) is 6.61 Å². The molecule has 2 rings (SSSR count). The second-order valence-electron chi connectivity index (χ2n) is 3.94. The molecule has 0 bridgehead atoms. The average Bonchev–Trinajstić information content (AvgIpc) is 2.54. The summed E-state index contributed by atoms with van der Waals surface area (Å²) in [7, 11) is 0. The zero-order valence-corrected chi connectivity index (χ0v) is 7.16. The molecule has 2 saturated heterocycles. The van der Waals surface area contributed by atoms with Crippen LogP contribution in [0, 0.1) is 0 Å². The number of rotatable bonds is 1. The summed E-state index contributed by atoms with van der Waals surface area (Å²) in [5, 5.41) is 9.09. The number of hydrogen-bond acceptors (Lipinski definition) is 2. The van der Waals surface area contributed by atoms with Crippen LogP contribution in [0.1, 0.15) is 32.6 Å². The highest BCUT2D eigenvalue weighted by Gasteiger charge is 2.39. The summed E-state index contributed by atoms with van der Waals surface area (Å²) in [6, 6.07) is 2.01. The van der Waals surface area contributed by atoms with Crippen molar-refractivity contribution in [2.24, 2.45) is 0 Å². The Hall–Kier alpha value is -0.0800. The fourth-order valence-electron chi connectivity index (χ4n) is 2.76. The molecule has 0 aromatic rings. The molecule has 2 aliphatic heterocycles. The van der Waals surface area contributed by atoms with Gasteiger partial charge in [-0.2, -0.15) is 0 Å². The molecule has 2 aliphatic rings. The maximum atomic E-state index is 9.09. The molecular weight excluding hydrogens is 138 g/mol. The Bertz CT molecular complexity index is 148. The third-order valence-electron chi connectivity index (χ3n) is 3.31. The van der Waals surface area contributed by atoms with Gasteiger partial charge < -0.3 is 5.11 Å². The normalized spacial score (nSPS) is 44.7. The summed E-state index contributed by atoms with van der Waals surface area (Å²) < 4.78 is 0. The van der Waals surface area contributed by atoms with Gasteiger partial charge in [0.1, 0.15) is 0 Å². The van der Waals surface area contributed by atoms with Gasteiger partial charge >= 0.3 is 0 Å². The van der Waals surface area contributed by atoms with Crippen LogP contribution in [0.15, 0.2) is 0 Å². The molecule has 0 aromatic heterocycles. The van der Waals surface area contributed by atoms with Crippen LogP contribution in [-0.4, -0.2) is 34.7 Å². The van der Waals surface area contributed by atoms with Gasteiger partial charge in [-0.3, -0.25) is 4.90 Å². The summed E-state index contributed by atoms with van der Waals surface area (Å²) in [6.07, 6.45) is 5.22. The topological polar surface area (TPSA) is 23.5 Å². The van der Waals surface area contributed by atoms with E-state index in [9.17, 15) is 0 Å². The number of hydrogen-bond donors (Lipinski definition) is 1. The predicted molar refractivity (Wildman–Crippen MR) is 44.4 cm³/mol. The standard InChI is InChI=1S/C9H17NO/c1-7-2-3-8-4-5-9(6-11)10(7)8/h7-9,11H,2-6H2,1H3. The molecule has 2 fully saturated rings. The van der Waals surface area contributed by atoms with E-state index in [4.69, 9.17) is 5.11 Å². The monoisotopic (exact) mass is 155 g/mol. The van der Waals surface area contributed by atoms with Gasteiger partial charge in [-0.1, -0.05) is 0 Å². The van der Waals surface area contributed by atoms with Crippen molar-refractivity contribution in [1.29, 1.82) is 0 Å². The minimum Gasteiger partial charge on any atom is -0.395 e. The van der Waals surface area contributed by atoms with E-state index in [-0.39, 0.29) is 0 Å². The van der Waals surface area contributed by atoms with Crippen LogP contribution >= 0.6 is 0 Å². The van der Waals surface area contributed by atoms with Gasteiger partial charge in [0.05, 0.1) is 6.61 Å². The minimum absolute atomic E-state index is 0.362. The lowest BCUT2D eigenvalue weighted by Crippen LogP contribution is -2.38. The predicted octanol–water partition coefficient (Wildman–Crippen LogP) is 0.994. The maximum Gasteiger partial charge on any atom is 0.0587 e. The molecule has 11 heavy (non-hydrogen) atoms. The Morgan fingerprint density at radius 3 is 2.73 bits per heavy atom. The minimum atomic E-state index is 0.362. The van der Waals surface area contributed by atoms with Gasteiger partial charge in [-0.05, 0) is 32.6 Å². The van der Waals surface area contributed by atoms with Crippen LogP contribution < -0.4 is 0 Å². The van der Waals surface area contributed by atoms with Gasteiger partial charge in [-0.15, -0.1) is 0 Å². The molecule has 2 heterocycles. The SMILES string of the molecule is CC1CCC2CCC(CO)N12. The van der Waals surface area contributed by atoms with E-state index in [2.05, 4.69) is 11.8 Å². The van der Waals surface area contributed by atoms with Crippen LogP contribution in [0.4, 0.5) is 0 Å². The average molecular weight is 155 g/mol. The molecule has 2 heteroatoms. The van der Waals surface area contributed by atoms with E-state index in [1.165, 1.54) is 25.7 Å². The highest BCUT2D eigenvalue weighted by Crippen LogP contribution is 2.35. The Balaban J connectivity index is 2.07. The fraction of sp³-hybridized carbons (Fsp3) is 1.00. The molecule has 0 radical (unpaired) electrons. The molecule has 0 spiro atoms. The van der Waals surface area contributed by atoms with Crippen molar-refractivity contribution in [1.82, 2.24) is 4.90 Å². The van der Waals surface area contributed by atoms with E-state index in [0.717, 1.165) is 12.1 Å². The van der Waals surface area contributed by atoms with Crippen molar-refractivity contribution >= 4 is 0 Å². The Labute approximate surface area is 68.2 Å². The highest BCUT2D eigenvalue weighted by atomic mass is 16.3. The molecule has 1 N–H and O–H groups in total. The fourth-order valence-corrected chi connectivity index (χ4v) is 2.76. The van der Waals surface area contributed by atoms with E-state index < -0.39 is 0 Å². The van der Waals surface area contributed by atoms with Crippen molar-refractivity contribution in [3.63, 3.8) is 0 Å². The first-order valence-electron chi connectivity index (χ1n) is 4.71. The first-order valence-corrected chi connectivity index (χ1v) is 4.71. The summed E-state index contributed by atoms with van der Waals surface area (Å²) in [4.78, 5) is 2.53. The van der Waals surface area contributed by atoms with Gasteiger partial charge in [0.15, 0.2) is 0 Å². The lowest BCUT2D eigenvalue weighted by atomic mass is 10.1. The van der Waals surface area contributed by atoms with E-state index in [0.29, 0.717) is 12.6 Å². The molecule has 0 aliphatic carbocycles. The number of fused-ring (bicyclic) bond motifs is 1. The molecule has 0 saturated carbocycles. The zero-order chi connectivity index (χ0) is 7.84. The van der Waals surface area contributed by atoms with Crippen LogP contribution in [0.3, 0.4) is 0 Å². The Kier molecular flexibility index (Phi) is 1.90. The number of nitrogens with zero attached hydrogens (tertiary/aromatic N) is 1. The van der Waals surface area contributed by atoms with Crippen LogP contribution in [0.2, 0.25) is 0 Å². The molecule has 64 valence electrons. The van der Waals surface area contributed by atoms with Crippen LogP contribution in [0.5, 0.6) is 0 Å². The molecular formula is C9H17NO. The maximum absolute atomic E-state index is 9.09. The molecule has 0 aromatic carbocycles. The van der Waals surface area contributed by atoms with Gasteiger partial charge in [0.25, 0.3) is 0 Å². The van der Waals surface area contributed by atoms with Crippen molar-refractivity contribution < 1.29 is 5.11 Å². The largest absolute Gasteiger partial charge is 0.395 e. The Morgan fingerprint density at radius 1 is 1.27 bits per heavy atom. The lowest BCUT2D eigenvalue weighted by Gasteiger charge is -2.26. The summed E-state index contributed by atoms with van der Waals surface area (Å²) in [5.41, 5.74) is 0. The molecule has 0 amide bonds. The summed E-state index contributed by atoms with van der Waals surface area (Å²) >= 11 is 0. The van der Waals surface area contributed by atoms with Gasteiger partial charge in [-0.25, -0.2) is 0 Å². The summed E-state index contributed by atoms with van der Waals surface area (Å²) in [5.74, 6) is 0. The van der Waals surface area contributed by atoms with E-state index in [1.807, 2.05) is 0 Å². The first-order chi connectivity index (χ1) is 5.33. The second-order valence-corrected chi connectivity index (χ2v) is 3.94. The van der Waals surface area contributed by atoms with Crippen LogP contribution in [0.25, 0.3) is 0 Å². The molecule has 2 nitrogen and oxygen atoms in total. The summed E-state index contributed by atoms with van der Waals surface area (Å²) in [6.45, 7) is 2.65. The van der Waals surface area contributed by atoms with E-state index in [1.54, 1.807) is 0 Å². The van der Waals surface area contributed by atoms with Crippen LogP contribution in [-0.2, 0) is 0 Å². The van der Waals surface area contributed by atoms with E-state index >= 15 is 0 Å². The van der Waals surface area contributed by atoms with Gasteiger partial charge in [0, 0.05) is 18.1 Å². The lowest BCUT2D eigenvalue weighted by molar-refractivity contribution is 0.126. The third-order valence-corrected chi connectivity index (χ3v) is 3.31. The highest BCUT2D eigenvalue weighted by molar-refractivity contribution is 4.95. The quantitative estimate of drug-likeness (QED) is 0.610. The first kappa shape index (κ1) is 7.56. The number of aliphatic hydroxyl groups excluding tert-OH is 1. The third kappa shape index (κ3) is 1.09. The molecule has 3 unspecified atom stereocenters. The molecule has 3 atom stereocenters. The number of aliphatic hydroxyl groups is 1. The van der Waals surface area contributed by atoms with Crippen molar-refractivity contribution in [3.8, 4) is 0 Å². The Morgan fingerprint density at radius 2 is 2.00 bits per heavy atom. The van der Waals surface area contributed by atoms with Crippen molar-refractivity contribution in [2.45, 2.75) is 50.7 Å². The smallest absolute Gasteiger partial charge is 0.0587 e. The van der Waals surface area contributed by atoms with Gasteiger partial charge in [0.2, 0.25) is 0 Å².